The van der Waals surface area contributed by atoms with Gasteiger partial charge in [0.25, 0.3) is 0 Å². The molecule has 3 aromatic rings. The molecule has 0 amide bonds. The van der Waals surface area contributed by atoms with Crippen LogP contribution in [0.5, 0.6) is 0 Å². The largest absolute Gasteiger partial charge is 0.340 e. The molecular formula is C21H21N3O. The van der Waals surface area contributed by atoms with Gasteiger partial charge in [0.15, 0.2) is 5.78 Å². The molecule has 0 unspecified atom stereocenters. The van der Waals surface area contributed by atoms with Crippen molar-refractivity contribution in [3.8, 4) is 11.4 Å². The number of hydrogen-bond acceptors (Lipinski definition) is 3. The number of rotatable bonds is 5. The fourth-order valence-electron chi connectivity index (χ4n) is 2.96. The van der Waals surface area contributed by atoms with Crippen molar-refractivity contribution in [2.45, 2.75) is 27.2 Å². The number of imidazole rings is 1. The molecule has 25 heavy (non-hydrogen) atoms. The Bertz CT molecular complexity index is 900. The third-order valence-corrected chi connectivity index (χ3v) is 4.08. The van der Waals surface area contributed by atoms with Gasteiger partial charge in [0, 0.05) is 6.20 Å². The van der Waals surface area contributed by atoms with Crippen LogP contribution in [-0.2, 0) is 11.2 Å². The molecule has 2 heterocycles. The first-order chi connectivity index (χ1) is 12.0. The number of aromatic nitrogens is 3. The lowest BCUT2D eigenvalue weighted by Gasteiger charge is -2.06. The van der Waals surface area contributed by atoms with E-state index in [-0.39, 0.29) is 12.2 Å². The van der Waals surface area contributed by atoms with E-state index in [4.69, 9.17) is 0 Å². The average molecular weight is 331 g/mol. The number of nitrogens with zero attached hydrogens (tertiary/aromatic N) is 2. The molecule has 0 fully saturated rings. The summed E-state index contributed by atoms with van der Waals surface area (Å²) in [6.45, 7) is 6.21. The Labute approximate surface area is 147 Å². The number of aromatic amines is 1. The van der Waals surface area contributed by atoms with Crippen LogP contribution >= 0.6 is 0 Å². The van der Waals surface area contributed by atoms with Gasteiger partial charge in [-0.25, -0.2) is 4.98 Å². The van der Waals surface area contributed by atoms with Gasteiger partial charge in [0.2, 0.25) is 0 Å². The number of carbonyl (C=O) groups is 1. The van der Waals surface area contributed by atoms with E-state index < -0.39 is 0 Å². The second kappa shape index (κ2) is 7.26. The van der Waals surface area contributed by atoms with Crippen molar-refractivity contribution in [1.82, 2.24) is 15.0 Å². The molecule has 126 valence electrons. The number of pyridine rings is 1. The van der Waals surface area contributed by atoms with E-state index in [1.54, 1.807) is 18.5 Å². The first-order valence-corrected chi connectivity index (χ1v) is 8.27. The monoisotopic (exact) mass is 331 g/mol. The zero-order valence-corrected chi connectivity index (χ0v) is 14.7. The summed E-state index contributed by atoms with van der Waals surface area (Å²) < 4.78 is 0. The Morgan fingerprint density at radius 3 is 2.56 bits per heavy atom. The summed E-state index contributed by atoms with van der Waals surface area (Å²) in [5.74, 6) is 0.661. The van der Waals surface area contributed by atoms with E-state index in [9.17, 15) is 4.79 Å². The maximum atomic E-state index is 12.3. The van der Waals surface area contributed by atoms with E-state index >= 15 is 0 Å². The lowest BCUT2D eigenvalue weighted by Crippen LogP contribution is -2.00. The van der Waals surface area contributed by atoms with Crippen molar-refractivity contribution >= 4 is 11.9 Å². The molecular weight excluding hydrogens is 310 g/mol. The number of hydrogen-bond donors (Lipinski definition) is 1. The van der Waals surface area contributed by atoms with Gasteiger partial charge in [-0.1, -0.05) is 29.8 Å². The molecule has 0 bridgehead atoms. The maximum absolute atomic E-state index is 12.3. The molecule has 0 spiro atoms. The van der Waals surface area contributed by atoms with Gasteiger partial charge < -0.3 is 4.98 Å². The number of nitrogens with one attached hydrogen (secondary N) is 1. The van der Waals surface area contributed by atoms with Crippen LogP contribution in [0.2, 0.25) is 0 Å². The molecule has 3 rings (SSSR count). The summed E-state index contributed by atoms with van der Waals surface area (Å²) in [6.07, 6.45) is 7.22. The first kappa shape index (κ1) is 16.8. The predicted molar refractivity (Wildman–Crippen MR) is 100 cm³/mol. The van der Waals surface area contributed by atoms with E-state index in [2.05, 4.69) is 47.9 Å². The molecule has 0 aliphatic carbocycles. The smallest absolute Gasteiger partial charge is 0.163 e. The van der Waals surface area contributed by atoms with Crippen LogP contribution in [-0.4, -0.2) is 20.7 Å². The summed E-state index contributed by atoms with van der Waals surface area (Å²) in [5.41, 5.74) is 6.32. The molecule has 0 radical (unpaired) electrons. The second-order valence-corrected chi connectivity index (χ2v) is 6.25. The average Bonchev–Trinajstić information content (AvgIpc) is 3.03. The third-order valence-electron chi connectivity index (χ3n) is 4.08. The lowest BCUT2D eigenvalue weighted by atomic mass is 9.99. The number of carbonyl (C=O) groups excluding carboxylic acids is 1. The van der Waals surface area contributed by atoms with Gasteiger partial charge >= 0.3 is 0 Å². The standard InChI is InChI=1S/C21H21N3O/c1-14-10-15(2)18(16(3)11-14)8-7-17(25)12-21-23-13-20(24-21)19-6-4-5-9-22-19/h4-11,13H,12H2,1-3H3,(H,23,24)/b8-7+. The highest BCUT2D eigenvalue weighted by atomic mass is 16.1. The minimum absolute atomic E-state index is 0.0151. The highest BCUT2D eigenvalue weighted by molar-refractivity contribution is 5.95. The fraction of sp³-hybridized carbons (Fsp3) is 0.190. The Morgan fingerprint density at radius 2 is 1.88 bits per heavy atom. The predicted octanol–water partition coefficient (Wildman–Crippen LogP) is 4.22. The third kappa shape index (κ3) is 4.10. The Balaban J connectivity index is 1.70. The van der Waals surface area contributed by atoms with Crippen LogP contribution in [0.4, 0.5) is 0 Å². The summed E-state index contributed by atoms with van der Waals surface area (Å²) in [4.78, 5) is 24.0. The van der Waals surface area contributed by atoms with Crippen molar-refractivity contribution < 1.29 is 4.79 Å². The first-order valence-electron chi connectivity index (χ1n) is 8.27. The number of H-pyrrole nitrogens is 1. The summed E-state index contributed by atoms with van der Waals surface area (Å²) in [5, 5.41) is 0. The molecule has 1 aromatic carbocycles. The number of aryl methyl sites for hydroxylation is 3. The Hall–Kier alpha value is -3.01. The maximum Gasteiger partial charge on any atom is 0.163 e. The highest BCUT2D eigenvalue weighted by Crippen LogP contribution is 2.18. The fourth-order valence-corrected chi connectivity index (χ4v) is 2.96. The van der Waals surface area contributed by atoms with Gasteiger partial charge in [0.1, 0.15) is 5.82 Å². The molecule has 0 aliphatic heterocycles. The summed E-state index contributed by atoms with van der Waals surface area (Å²) >= 11 is 0. The minimum atomic E-state index is 0.0151. The van der Waals surface area contributed by atoms with Crippen LogP contribution in [0.3, 0.4) is 0 Å². The van der Waals surface area contributed by atoms with E-state index in [0.717, 1.165) is 17.0 Å². The molecule has 2 aromatic heterocycles. The molecule has 0 aliphatic rings. The zero-order chi connectivity index (χ0) is 17.8. The topological polar surface area (TPSA) is 58.6 Å². The van der Waals surface area contributed by atoms with Crippen LogP contribution in [0, 0.1) is 20.8 Å². The normalized spacial score (nSPS) is 11.2. The molecule has 0 saturated heterocycles. The van der Waals surface area contributed by atoms with Crippen LogP contribution < -0.4 is 0 Å². The van der Waals surface area contributed by atoms with Crippen molar-refractivity contribution in [2.75, 3.05) is 0 Å². The highest BCUT2D eigenvalue weighted by Gasteiger charge is 2.07. The van der Waals surface area contributed by atoms with Gasteiger partial charge in [-0.2, -0.15) is 0 Å². The van der Waals surface area contributed by atoms with Gasteiger partial charge in [-0.3, -0.25) is 9.78 Å². The van der Waals surface area contributed by atoms with Gasteiger partial charge in [-0.15, -0.1) is 0 Å². The Morgan fingerprint density at radius 1 is 1.12 bits per heavy atom. The van der Waals surface area contributed by atoms with Crippen molar-refractivity contribution in [1.29, 1.82) is 0 Å². The Kier molecular flexibility index (Phi) is 4.89. The summed E-state index contributed by atoms with van der Waals surface area (Å²) in [7, 11) is 0. The van der Waals surface area contributed by atoms with Crippen LogP contribution in [0.15, 0.2) is 48.8 Å². The molecule has 0 saturated carbocycles. The SMILES string of the molecule is Cc1cc(C)c(/C=C/C(=O)Cc2ncc(-c3ccccn3)[nH]2)c(C)c1. The van der Waals surface area contributed by atoms with E-state index in [0.29, 0.717) is 5.82 Å². The minimum Gasteiger partial charge on any atom is -0.340 e. The molecule has 0 atom stereocenters. The summed E-state index contributed by atoms with van der Waals surface area (Å²) in [6, 6.07) is 9.95. The second-order valence-electron chi connectivity index (χ2n) is 6.25. The van der Waals surface area contributed by atoms with Gasteiger partial charge in [0.05, 0.1) is 24.0 Å². The van der Waals surface area contributed by atoms with Crippen molar-refractivity contribution in [3.05, 3.63) is 76.9 Å². The van der Waals surface area contributed by atoms with Crippen LogP contribution in [0.1, 0.15) is 28.1 Å². The zero-order valence-electron chi connectivity index (χ0n) is 14.7. The van der Waals surface area contributed by atoms with E-state index in [1.165, 1.54) is 16.7 Å². The number of benzene rings is 1. The lowest BCUT2D eigenvalue weighted by molar-refractivity contribution is -0.114. The number of ketones is 1. The van der Waals surface area contributed by atoms with E-state index in [1.807, 2.05) is 24.3 Å². The quantitative estimate of drug-likeness (QED) is 0.712. The van der Waals surface area contributed by atoms with Crippen molar-refractivity contribution in [2.24, 2.45) is 0 Å². The number of allylic oxidation sites excluding steroid dienone is 1. The molecule has 4 nitrogen and oxygen atoms in total. The van der Waals surface area contributed by atoms with Gasteiger partial charge in [-0.05, 0) is 55.7 Å². The molecule has 4 heteroatoms. The van der Waals surface area contributed by atoms with Crippen molar-refractivity contribution in [3.63, 3.8) is 0 Å². The molecule has 1 N–H and O–H groups in total. The van der Waals surface area contributed by atoms with Crippen LogP contribution in [0.25, 0.3) is 17.5 Å².